The fraction of sp³-hybridized carbons (Fsp3) is 0.176. The smallest absolute Gasteiger partial charge is 0.363 e. The number of rotatable bonds is 4. The van der Waals surface area contributed by atoms with Crippen LogP contribution in [-0.2, 0) is 9.53 Å². The molecule has 3 rings (SSSR count). The van der Waals surface area contributed by atoms with Gasteiger partial charge in [0.05, 0.1) is 12.4 Å². The highest BCUT2D eigenvalue weighted by Gasteiger charge is 2.25. The van der Waals surface area contributed by atoms with Gasteiger partial charge in [0.1, 0.15) is 5.75 Å². The molecule has 0 aliphatic carbocycles. The van der Waals surface area contributed by atoms with E-state index >= 15 is 0 Å². The molecule has 1 aliphatic heterocycles. The summed E-state index contributed by atoms with van der Waals surface area (Å²) in [6.45, 7) is 3.92. The lowest BCUT2D eigenvalue weighted by atomic mass is 10.2. The number of esters is 1. The lowest BCUT2D eigenvalue weighted by Gasteiger charge is -2.09. The first-order chi connectivity index (χ1) is 10.6. The molecule has 112 valence electrons. The maximum Gasteiger partial charge on any atom is 0.363 e. The Morgan fingerprint density at radius 1 is 1.23 bits per heavy atom. The summed E-state index contributed by atoms with van der Waals surface area (Å²) < 4.78 is 15.9. The second-order valence-electron chi connectivity index (χ2n) is 5.05. The SMILES string of the molecule is CC(C)Oc1cccc(/C=C2\N=C(c3ccco3)OC2=O)c1. The van der Waals surface area contributed by atoms with Crippen LogP contribution in [0.1, 0.15) is 25.2 Å². The lowest BCUT2D eigenvalue weighted by Crippen LogP contribution is -2.05. The summed E-state index contributed by atoms with van der Waals surface area (Å²) in [4.78, 5) is 16.0. The average Bonchev–Trinajstić information content (AvgIpc) is 3.09. The van der Waals surface area contributed by atoms with E-state index in [9.17, 15) is 4.79 Å². The maximum absolute atomic E-state index is 11.9. The zero-order valence-electron chi connectivity index (χ0n) is 12.3. The second kappa shape index (κ2) is 5.89. The van der Waals surface area contributed by atoms with E-state index < -0.39 is 5.97 Å². The van der Waals surface area contributed by atoms with Gasteiger partial charge in [-0.2, -0.15) is 0 Å². The molecule has 0 N–H and O–H groups in total. The first-order valence-corrected chi connectivity index (χ1v) is 6.95. The summed E-state index contributed by atoms with van der Waals surface area (Å²) in [5, 5.41) is 0. The van der Waals surface area contributed by atoms with Crippen LogP contribution in [-0.4, -0.2) is 18.0 Å². The van der Waals surface area contributed by atoms with Crippen molar-refractivity contribution in [3.63, 3.8) is 0 Å². The number of hydrogen-bond donors (Lipinski definition) is 0. The zero-order valence-corrected chi connectivity index (χ0v) is 12.3. The number of carbonyl (C=O) groups excluding carboxylic acids is 1. The van der Waals surface area contributed by atoms with Crippen molar-refractivity contribution >= 4 is 17.9 Å². The average molecular weight is 297 g/mol. The summed E-state index contributed by atoms with van der Waals surface area (Å²) in [6.07, 6.45) is 3.24. The van der Waals surface area contributed by atoms with Gasteiger partial charge in [-0.3, -0.25) is 0 Å². The Hall–Kier alpha value is -2.82. The Bertz CT molecular complexity index is 742. The van der Waals surface area contributed by atoms with Crippen molar-refractivity contribution in [2.24, 2.45) is 4.99 Å². The Morgan fingerprint density at radius 3 is 2.82 bits per heavy atom. The van der Waals surface area contributed by atoms with E-state index in [0.29, 0.717) is 5.76 Å². The van der Waals surface area contributed by atoms with Crippen molar-refractivity contribution in [3.05, 3.63) is 59.7 Å². The topological polar surface area (TPSA) is 61.0 Å². The Kier molecular flexibility index (Phi) is 3.78. The third-order valence-corrected chi connectivity index (χ3v) is 2.89. The molecule has 0 atom stereocenters. The molecule has 0 saturated carbocycles. The van der Waals surface area contributed by atoms with E-state index in [0.717, 1.165) is 11.3 Å². The molecule has 22 heavy (non-hydrogen) atoms. The number of nitrogens with zero attached hydrogens (tertiary/aromatic N) is 1. The largest absolute Gasteiger partial charge is 0.491 e. The molecule has 5 heteroatoms. The molecule has 5 nitrogen and oxygen atoms in total. The van der Waals surface area contributed by atoms with Crippen LogP contribution in [0.15, 0.2) is 57.8 Å². The number of hydrogen-bond acceptors (Lipinski definition) is 5. The zero-order chi connectivity index (χ0) is 15.5. The quantitative estimate of drug-likeness (QED) is 0.641. The van der Waals surface area contributed by atoms with Gasteiger partial charge < -0.3 is 13.9 Å². The summed E-state index contributed by atoms with van der Waals surface area (Å²) in [5.74, 6) is 0.844. The third kappa shape index (κ3) is 3.09. The molecule has 0 amide bonds. The fourth-order valence-electron chi connectivity index (χ4n) is 2.02. The number of furan rings is 1. The molecule has 1 aromatic heterocycles. The van der Waals surface area contributed by atoms with Crippen LogP contribution in [0.3, 0.4) is 0 Å². The highest BCUT2D eigenvalue weighted by Crippen LogP contribution is 2.21. The molecule has 1 aliphatic rings. The number of aliphatic imine (C=N–C) groups is 1. The van der Waals surface area contributed by atoms with Gasteiger partial charge in [-0.05, 0) is 49.8 Å². The van der Waals surface area contributed by atoms with Crippen molar-refractivity contribution in [3.8, 4) is 5.75 Å². The van der Waals surface area contributed by atoms with Crippen molar-refractivity contribution in [1.29, 1.82) is 0 Å². The Balaban J connectivity index is 1.87. The van der Waals surface area contributed by atoms with Crippen LogP contribution < -0.4 is 4.74 Å². The van der Waals surface area contributed by atoms with Gasteiger partial charge in [0.2, 0.25) is 0 Å². The van der Waals surface area contributed by atoms with Gasteiger partial charge in [0.25, 0.3) is 5.90 Å². The van der Waals surface area contributed by atoms with Gasteiger partial charge in [0, 0.05) is 0 Å². The first-order valence-electron chi connectivity index (χ1n) is 6.95. The summed E-state index contributed by atoms with van der Waals surface area (Å²) in [6, 6.07) is 10.8. The molecule has 0 radical (unpaired) electrons. The molecule has 0 bridgehead atoms. The molecule has 0 unspecified atom stereocenters. The first kappa shape index (κ1) is 14.1. The van der Waals surface area contributed by atoms with E-state index in [1.165, 1.54) is 6.26 Å². The van der Waals surface area contributed by atoms with Gasteiger partial charge in [-0.15, -0.1) is 0 Å². The van der Waals surface area contributed by atoms with E-state index in [2.05, 4.69) is 4.99 Å². The highest BCUT2D eigenvalue weighted by atomic mass is 16.6. The van der Waals surface area contributed by atoms with Gasteiger partial charge in [0.15, 0.2) is 11.5 Å². The number of ether oxygens (including phenoxy) is 2. The third-order valence-electron chi connectivity index (χ3n) is 2.89. The van der Waals surface area contributed by atoms with Gasteiger partial charge >= 0.3 is 5.97 Å². The minimum absolute atomic E-state index is 0.0860. The predicted octanol–water partition coefficient (Wildman–Crippen LogP) is 3.41. The van der Waals surface area contributed by atoms with Crippen molar-refractivity contribution in [1.82, 2.24) is 0 Å². The van der Waals surface area contributed by atoms with Gasteiger partial charge in [-0.25, -0.2) is 9.79 Å². The molecule has 1 aromatic carbocycles. The molecule has 2 aromatic rings. The minimum atomic E-state index is -0.499. The van der Waals surface area contributed by atoms with Gasteiger partial charge in [-0.1, -0.05) is 12.1 Å². The minimum Gasteiger partial charge on any atom is -0.491 e. The van der Waals surface area contributed by atoms with Crippen LogP contribution in [0.2, 0.25) is 0 Å². The number of carbonyl (C=O) groups is 1. The maximum atomic E-state index is 11.9. The fourth-order valence-corrected chi connectivity index (χ4v) is 2.02. The lowest BCUT2D eigenvalue weighted by molar-refractivity contribution is -0.130. The Labute approximate surface area is 127 Å². The van der Waals surface area contributed by atoms with Crippen LogP contribution in [0, 0.1) is 0 Å². The second-order valence-corrected chi connectivity index (χ2v) is 5.05. The highest BCUT2D eigenvalue weighted by molar-refractivity contribution is 6.11. The van der Waals surface area contributed by atoms with Crippen molar-refractivity contribution < 1.29 is 18.7 Å². The Morgan fingerprint density at radius 2 is 2.09 bits per heavy atom. The van der Waals surface area contributed by atoms with Crippen molar-refractivity contribution in [2.75, 3.05) is 0 Å². The van der Waals surface area contributed by atoms with Crippen LogP contribution >= 0.6 is 0 Å². The number of cyclic esters (lactones) is 1. The predicted molar refractivity (Wildman–Crippen MR) is 81.5 cm³/mol. The number of benzene rings is 1. The molecule has 2 heterocycles. The van der Waals surface area contributed by atoms with E-state index in [-0.39, 0.29) is 17.7 Å². The summed E-state index contributed by atoms with van der Waals surface area (Å²) in [5.41, 5.74) is 1.04. The normalized spacial score (nSPS) is 16.0. The standard InChI is InChI=1S/C17H15NO4/c1-11(2)21-13-6-3-5-12(9-13)10-14-17(19)22-16(18-14)15-7-4-8-20-15/h3-11H,1-2H3/b14-10-. The van der Waals surface area contributed by atoms with Crippen LogP contribution in [0.4, 0.5) is 0 Å². The monoisotopic (exact) mass is 297 g/mol. The molecular weight excluding hydrogens is 282 g/mol. The molecule has 0 fully saturated rings. The summed E-state index contributed by atoms with van der Waals surface area (Å²) >= 11 is 0. The molecular formula is C17H15NO4. The van der Waals surface area contributed by atoms with E-state index in [1.54, 1.807) is 18.2 Å². The van der Waals surface area contributed by atoms with E-state index in [4.69, 9.17) is 13.9 Å². The molecule has 0 saturated heterocycles. The summed E-state index contributed by atoms with van der Waals surface area (Å²) in [7, 11) is 0. The molecule has 0 spiro atoms. The van der Waals surface area contributed by atoms with Crippen LogP contribution in [0.25, 0.3) is 6.08 Å². The van der Waals surface area contributed by atoms with Crippen LogP contribution in [0.5, 0.6) is 5.75 Å². The van der Waals surface area contributed by atoms with Crippen molar-refractivity contribution in [2.45, 2.75) is 20.0 Å². The van der Waals surface area contributed by atoms with E-state index in [1.807, 2.05) is 38.1 Å².